The Morgan fingerprint density at radius 2 is 1.65 bits per heavy atom. The summed E-state index contributed by atoms with van der Waals surface area (Å²) in [5.74, 6) is 1.64. The van der Waals surface area contributed by atoms with Crippen LogP contribution in [-0.2, 0) is 4.79 Å². The van der Waals surface area contributed by atoms with Gasteiger partial charge in [0.15, 0.2) is 11.5 Å². The highest BCUT2D eigenvalue weighted by molar-refractivity contribution is 5.78. The standard InChI is InChI=1S/C21H28N2O3/c1-15(17-8-6-5-7-9-17)13-23-21(24)14-22-16(2)18-10-11-19(25-3)20(12-18)26-4/h5-12,15-16,22H,13-14H2,1-4H3,(H,23,24)/t15-,16-/m1/s1. The average molecular weight is 356 g/mol. The lowest BCUT2D eigenvalue weighted by molar-refractivity contribution is -0.120. The zero-order valence-corrected chi connectivity index (χ0v) is 15.9. The zero-order valence-electron chi connectivity index (χ0n) is 15.9. The molecular weight excluding hydrogens is 328 g/mol. The fourth-order valence-corrected chi connectivity index (χ4v) is 2.71. The van der Waals surface area contributed by atoms with Crippen LogP contribution in [0.4, 0.5) is 0 Å². The summed E-state index contributed by atoms with van der Waals surface area (Å²) in [5, 5.41) is 6.22. The van der Waals surface area contributed by atoms with Gasteiger partial charge >= 0.3 is 0 Å². The van der Waals surface area contributed by atoms with Crippen LogP contribution in [0.1, 0.15) is 36.9 Å². The second kappa shape index (κ2) is 9.82. The molecule has 5 heteroatoms. The van der Waals surface area contributed by atoms with E-state index in [0.717, 1.165) is 5.56 Å². The van der Waals surface area contributed by atoms with Crippen LogP contribution in [0.3, 0.4) is 0 Å². The molecule has 0 spiro atoms. The molecule has 1 amide bonds. The monoisotopic (exact) mass is 356 g/mol. The summed E-state index contributed by atoms with van der Waals surface area (Å²) in [6, 6.07) is 16.0. The van der Waals surface area contributed by atoms with E-state index in [2.05, 4.69) is 29.7 Å². The van der Waals surface area contributed by atoms with Gasteiger partial charge in [0.1, 0.15) is 0 Å². The van der Waals surface area contributed by atoms with Crippen LogP contribution in [0.2, 0.25) is 0 Å². The summed E-state index contributed by atoms with van der Waals surface area (Å²) in [4.78, 5) is 12.1. The van der Waals surface area contributed by atoms with Gasteiger partial charge in [-0.15, -0.1) is 0 Å². The normalized spacial score (nSPS) is 12.9. The van der Waals surface area contributed by atoms with Gasteiger partial charge in [0.2, 0.25) is 5.91 Å². The summed E-state index contributed by atoms with van der Waals surface area (Å²) in [6.07, 6.45) is 0. The highest BCUT2D eigenvalue weighted by Crippen LogP contribution is 2.29. The van der Waals surface area contributed by atoms with E-state index in [0.29, 0.717) is 18.0 Å². The van der Waals surface area contributed by atoms with E-state index in [1.54, 1.807) is 14.2 Å². The molecule has 0 unspecified atom stereocenters. The maximum absolute atomic E-state index is 12.1. The Morgan fingerprint density at radius 3 is 2.31 bits per heavy atom. The van der Waals surface area contributed by atoms with Crippen LogP contribution >= 0.6 is 0 Å². The van der Waals surface area contributed by atoms with Gasteiger partial charge in [-0.05, 0) is 36.1 Å². The lowest BCUT2D eigenvalue weighted by atomic mass is 10.0. The van der Waals surface area contributed by atoms with Crippen molar-refractivity contribution in [3.63, 3.8) is 0 Å². The summed E-state index contributed by atoms with van der Waals surface area (Å²) in [7, 11) is 3.22. The summed E-state index contributed by atoms with van der Waals surface area (Å²) >= 11 is 0. The first-order valence-electron chi connectivity index (χ1n) is 8.82. The average Bonchev–Trinajstić information content (AvgIpc) is 2.70. The number of carbonyl (C=O) groups excluding carboxylic acids is 1. The Morgan fingerprint density at radius 1 is 0.962 bits per heavy atom. The molecule has 26 heavy (non-hydrogen) atoms. The number of hydrogen-bond acceptors (Lipinski definition) is 4. The van der Waals surface area contributed by atoms with Crippen molar-refractivity contribution in [1.29, 1.82) is 0 Å². The van der Waals surface area contributed by atoms with E-state index in [4.69, 9.17) is 9.47 Å². The maximum atomic E-state index is 12.1. The number of carbonyl (C=O) groups is 1. The van der Waals surface area contributed by atoms with E-state index < -0.39 is 0 Å². The first-order valence-corrected chi connectivity index (χ1v) is 8.82. The van der Waals surface area contributed by atoms with E-state index in [-0.39, 0.29) is 24.4 Å². The minimum atomic E-state index is -0.0138. The molecule has 0 aromatic heterocycles. The molecule has 0 heterocycles. The fourth-order valence-electron chi connectivity index (χ4n) is 2.71. The third-order valence-corrected chi connectivity index (χ3v) is 4.45. The minimum absolute atomic E-state index is 0.0138. The van der Waals surface area contributed by atoms with Gasteiger partial charge in [-0.3, -0.25) is 4.79 Å². The molecule has 0 saturated heterocycles. The molecule has 0 radical (unpaired) electrons. The van der Waals surface area contributed by atoms with Crippen molar-refractivity contribution in [3.8, 4) is 11.5 Å². The van der Waals surface area contributed by atoms with Crippen molar-refractivity contribution >= 4 is 5.91 Å². The molecule has 0 bridgehead atoms. The van der Waals surface area contributed by atoms with Gasteiger partial charge in [-0.2, -0.15) is 0 Å². The fraction of sp³-hybridized carbons (Fsp3) is 0.381. The van der Waals surface area contributed by atoms with Crippen molar-refractivity contribution in [3.05, 3.63) is 59.7 Å². The summed E-state index contributed by atoms with van der Waals surface area (Å²) in [5.41, 5.74) is 2.26. The molecule has 140 valence electrons. The van der Waals surface area contributed by atoms with E-state index in [9.17, 15) is 4.79 Å². The number of methoxy groups -OCH3 is 2. The number of rotatable bonds is 9. The predicted molar refractivity (Wildman–Crippen MR) is 104 cm³/mol. The Bertz CT molecular complexity index is 704. The molecule has 5 nitrogen and oxygen atoms in total. The predicted octanol–water partition coefficient (Wildman–Crippen LogP) is 3.27. The molecule has 2 aromatic carbocycles. The number of amides is 1. The van der Waals surface area contributed by atoms with Crippen molar-refractivity contribution < 1.29 is 14.3 Å². The Balaban J connectivity index is 1.81. The molecule has 0 aliphatic carbocycles. The van der Waals surface area contributed by atoms with Crippen LogP contribution in [0, 0.1) is 0 Å². The molecule has 2 rings (SSSR count). The van der Waals surface area contributed by atoms with Gasteiger partial charge in [-0.1, -0.05) is 43.3 Å². The third kappa shape index (κ3) is 5.49. The minimum Gasteiger partial charge on any atom is -0.493 e. The molecular formula is C21H28N2O3. The van der Waals surface area contributed by atoms with Gasteiger partial charge in [0.05, 0.1) is 20.8 Å². The molecule has 0 saturated carbocycles. The van der Waals surface area contributed by atoms with Gasteiger partial charge < -0.3 is 20.1 Å². The molecule has 2 aromatic rings. The van der Waals surface area contributed by atoms with Crippen molar-refractivity contribution in [2.45, 2.75) is 25.8 Å². The lowest BCUT2D eigenvalue weighted by Crippen LogP contribution is -2.36. The largest absolute Gasteiger partial charge is 0.493 e. The number of hydrogen-bond donors (Lipinski definition) is 2. The number of nitrogens with one attached hydrogen (secondary N) is 2. The quantitative estimate of drug-likeness (QED) is 0.724. The SMILES string of the molecule is COc1ccc([C@@H](C)NCC(=O)NC[C@@H](C)c2ccccc2)cc1OC. The smallest absolute Gasteiger partial charge is 0.233 e. The maximum Gasteiger partial charge on any atom is 0.233 e. The second-order valence-electron chi connectivity index (χ2n) is 6.33. The van der Waals surface area contributed by atoms with Crippen LogP contribution in [0.15, 0.2) is 48.5 Å². The molecule has 0 aliphatic heterocycles. The topological polar surface area (TPSA) is 59.6 Å². The zero-order chi connectivity index (χ0) is 18.9. The van der Waals surface area contributed by atoms with Crippen molar-refractivity contribution in [2.24, 2.45) is 0 Å². The molecule has 2 N–H and O–H groups in total. The summed E-state index contributed by atoms with van der Waals surface area (Å²) in [6.45, 7) is 5.00. The second-order valence-corrected chi connectivity index (χ2v) is 6.33. The first-order chi connectivity index (χ1) is 12.5. The summed E-state index contributed by atoms with van der Waals surface area (Å²) < 4.78 is 10.6. The van der Waals surface area contributed by atoms with Crippen LogP contribution in [0.5, 0.6) is 11.5 Å². The Labute approximate surface area is 155 Å². The van der Waals surface area contributed by atoms with Crippen molar-refractivity contribution in [2.75, 3.05) is 27.3 Å². The van der Waals surface area contributed by atoms with Gasteiger partial charge in [-0.25, -0.2) is 0 Å². The highest BCUT2D eigenvalue weighted by Gasteiger charge is 2.12. The Kier molecular flexibility index (Phi) is 7.48. The number of benzene rings is 2. The first kappa shape index (κ1) is 19.8. The van der Waals surface area contributed by atoms with Crippen molar-refractivity contribution in [1.82, 2.24) is 10.6 Å². The van der Waals surface area contributed by atoms with E-state index in [1.807, 2.05) is 43.3 Å². The molecule has 0 fully saturated rings. The Hall–Kier alpha value is -2.53. The van der Waals surface area contributed by atoms with E-state index in [1.165, 1.54) is 5.56 Å². The van der Waals surface area contributed by atoms with Crippen LogP contribution in [-0.4, -0.2) is 33.2 Å². The van der Waals surface area contributed by atoms with E-state index >= 15 is 0 Å². The lowest BCUT2D eigenvalue weighted by Gasteiger charge is -2.17. The van der Waals surface area contributed by atoms with Crippen LogP contribution < -0.4 is 20.1 Å². The van der Waals surface area contributed by atoms with Gasteiger partial charge in [0, 0.05) is 12.6 Å². The van der Waals surface area contributed by atoms with Gasteiger partial charge in [0.25, 0.3) is 0 Å². The van der Waals surface area contributed by atoms with Crippen LogP contribution in [0.25, 0.3) is 0 Å². The molecule has 0 aliphatic rings. The number of ether oxygens (including phenoxy) is 2. The highest BCUT2D eigenvalue weighted by atomic mass is 16.5. The third-order valence-electron chi connectivity index (χ3n) is 4.45. The molecule has 2 atom stereocenters.